The summed E-state index contributed by atoms with van der Waals surface area (Å²) in [6.07, 6.45) is 4.21. The Labute approximate surface area is 108 Å². The molecule has 2 heterocycles. The van der Waals surface area contributed by atoms with Gasteiger partial charge in [0.05, 0.1) is 6.61 Å². The van der Waals surface area contributed by atoms with Crippen LogP contribution < -0.4 is 10.6 Å². The number of aryl methyl sites for hydroxylation is 1. The molecule has 0 saturated carbocycles. The number of nitrogens with two attached hydrogens (primary N) is 1. The second-order valence-electron chi connectivity index (χ2n) is 4.95. The first-order valence-electron chi connectivity index (χ1n) is 6.52. The lowest BCUT2D eigenvalue weighted by Gasteiger charge is -2.27. The largest absolute Gasteiger partial charge is 0.381 e. The van der Waals surface area contributed by atoms with Crippen molar-refractivity contribution in [2.24, 2.45) is 11.7 Å². The van der Waals surface area contributed by atoms with Crippen molar-refractivity contribution in [1.82, 2.24) is 9.97 Å². The molecule has 1 aromatic heterocycles. The van der Waals surface area contributed by atoms with E-state index in [4.69, 9.17) is 10.5 Å². The highest BCUT2D eigenvalue weighted by atomic mass is 16.5. The van der Waals surface area contributed by atoms with Gasteiger partial charge in [-0.3, -0.25) is 0 Å². The van der Waals surface area contributed by atoms with Gasteiger partial charge in [-0.2, -0.15) is 0 Å². The maximum atomic E-state index is 5.62. The predicted molar refractivity (Wildman–Crippen MR) is 71.5 cm³/mol. The van der Waals surface area contributed by atoms with Gasteiger partial charge in [-0.05, 0) is 25.7 Å². The molecule has 2 N–H and O–H groups in total. The third kappa shape index (κ3) is 3.17. The zero-order valence-corrected chi connectivity index (χ0v) is 11.2. The summed E-state index contributed by atoms with van der Waals surface area (Å²) >= 11 is 0. The molecule has 100 valence electrons. The highest BCUT2D eigenvalue weighted by Gasteiger charge is 2.17. The zero-order chi connectivity index (χ0) is 13.0. The molecule has 0 spiro atoms. The van der Waals surface area contributed by atoms with Crippen LogP contribution in [0.4, 0.5) is 5.95 Å². The van der Waals surface area contributed by atoms with Crippen LogP contribution in [0.2, 0.25) is 0 Å². The molecule has 1 unspecified atom stereocenters. The summed E-state index contributed by atoms with van der Waals surface area (Å²) < 4.78 is 5.50. The van der Waals surface area contributed by atoms with Gasteiger partial charge in [-0.1, -0.05) is 0 Å². The minimum Gasteiger partial charge on any atom is -0.381 e. The van der Waals surface area contributed by atoms with Gasteiger partial charge >= 0.3 is 0 Å². The SMILES string of the molecule is Cc1nc(N(C)CC2CCCOC2)ncc1CN. The van der Waals surface area contributed by atoms with Gasteiger partial charge in [0, 0.05) is 44.2 Å². The maximum absolute atomic E-state index is 5.62. The van der Waals surface area contributed by atoms with E-state index in [1.165, 1.54) is 6.42 Å². The third-order valence-corrected chi connectivity index (χ3v) is 3.42. The fraction of sp³-hybridized carbons (Fsp3) is 0.692. The molecule has 0 aromatic carbocycles. The second kappa shape index (κ2) is 6.11. The van der Waals surface area contributed by atoms with E-state index in [0.29, 0.717) is 12.5 Å². The van der Waals surface area contributed by atoms with Crippen molar-refractivity contribution in [3.63, 3.8) is 0 Å². The Morgan fingerprint density at radius 3 is 3.00 bits per heavy atom. The molecule has 0 bridgehead atoms. The van der Waals surface area contributed by atoms with Gasteiger partial charge in [0.15, 0.2) is 0 Å². The van der Waals surface area contributed by atoms with E-state index >= 15 is 0 Å². The summed E-state index contributed by atoms with van der Waals surface area (Å²) in [4.78, 5) is 11.0. The molecule has 0 aliphatic carbocycles. The molecule has 1 fully saturated rings. The van der Waals surface area contributed by atoms with Crippen molar-refractivity contribution < 1.29 is 4.74 Å². The molecule has 1 aliphatic rings. The summed E-state index contributed by atoms with van der Waals surface area (Å²) in [5.74, 6) is 1.36. The van der Waals surface area contributed by atoms with Gasteiger partial charge in [0.1, 0.15) is 0 Å². The fourth-order valence-electron chi connectivity index (χ4n) is 2.28. The lowest BCUT2D eigenvalue weighted by molar-refractivity contribution is 0.0575. The lowest BCUT2D eigenvalue weighted by Crippen LogP contribution is -2.32. The van der Waals surface area contributed by atoms with Gasteiger partial charge in [0.25, 0.3) is 0 Å². The Bertz CT molecular complexity index is 391. The molecular formula is C13H22N4O. The Hall–Kier alpha value is -1.20. The number of aromatic nitrogens is 2. The van der Waals surface area contributed by atoms with Gasteiger partial charge in [-0.25, -0.2) is 9.97 Å². The topological polar surface area (TPSA) is 64.3 Å². The predicted octanol–water partition coefficient (Wildman–Crippen LogP) is 1.11. The van der Waals surface area contributed by atoms with Crippen LogP contribution in [0.15, 0.2) is 6.20 Å². The van der Waals surface area contributed by atoms with E-state index in [1.807, 2.05) is 20.2 Å². The van der Waals surface area contributed by atoms with Crippen molar-refractivity contribution in [3.05, 3.63) is 17.5 Å². The minimum atomic E-state index is 0.492. The number of anilines is 1. The first-order valence-corrected chi connectivity index (χ1v) is 6.52. The smallest absolute Gasteiger partial charge is 0.225 e. The second-order valence-corrected chi connectivity index (χ2v) is 4.95. The quantitative estimate of drug-likeness (QED) is 0.867. The lowest BCUT2D eigenvalue weighted by atomic mass is 10.0. The summed E-state index contributed by atoms with van der Waals surface area (Å²) in [5, 5.41) is 0. The Morgan fingerprint density at radius 1 is 1.56 bits per heavy atom. The average molecular weight is 250 g/mol. The van der Waals surface area contributed by atoms with Crippen molar-refractivity contribution in [1.29, 1.82) is 0 Å². The molecule has 5 heteroatoms. The van der Waals surface area contributed by atoms with Crippen LogP contribution in [-0.2, 0) is 11.3 Å². The molecule has 1 aliphatic heterocycles. The van der Waals surface area contributed by atoms with Crippen LogP contribution in [0.3, 0.4) is 0 Å². The average Bonchev–Trinajstić information content (AvgIpc) is 2.39. The number of nitrogens with zero attached hydrogens (tertiary/aromatic N) is 3. The number of hydrogen-bond donors (Lipinski definition) is 1. The number of ether oxygens (including phenoxy) is 1. The first-order chi connectivity index (χ1) is 8.70. The van der Waals surface area contributed by atoms with E-state index in [0.717, 1.165) is 43.4 Å². The molecule has 1 atom stereocenters. The van der Waals surface area contributed by atoms with Gasteiger partial charge in [0.2, 0.25) is 5.95 Å². The first kappa shape index (κ1) is 13.2. The summed E-state index contributed by atoms with van der Waals surface area (Å²) in [6, 6.07) is 0. The molecular weight excluding hydrogens is 228 g/mol. The van der Waals surface area contributed by atoms with Crippen LogP contribution in [0.25, 0.3) is 0 Å². The van der Waals surface area contributed by atoms with E-state index < -0.39 is 0 Å². The Balaban J connectivity index is 1.99. The number of hydrogen-bond acceptors (Lipinski definition) is 5. The summed E-state index contributed by atoms with van der Waals surface area (Å²) in [7, 11) is 2.03. The van der Waals surface area contributed by atoms with E-state index in [1.54, 1.807) is 0 Å². The van der Waals surface area contributed by atoms with Crippen molar-refractivity contribution in [2.45, 2.75) is 26.3 Å². The minimum absolute atomic E-state index is 0.492. The van der Waals surface area contributed by atoms with Crippen LogP contribution >= 0.6 is 0 Å². The zero-order valence-electron chi connectivity index (χ0n) is 11.2. The monoisotopic (exact) mass is 250 g/mol. The molecule has 2 rings (SSSR count). The molecule has 0 amide bonds. The Morgan fingerprint density at radius 2 is 2.39 bits per heavy atom. The number of rotatable bonds is 4. The van der Waals surface area contributed by atoms with Gasteiger partial charge in [-0.15, -0.1) is 0 Å². The van der Waals surface area contributed by atoms with Crippen molar-refractivity contribution >= 4 is 5.95 Å². The molecule has 1 saturated heterocycles. The highest BCUT2D eigenvalue weighted by Crippen LogP contribution is 2.17. The van der Waals surface area contributed by atoms with Crippen LogP contribution in [0.5, 0.6) is 0 Å². The standard InChI is InChI=1S/C13H22N4O/c1-10-12(6-14)7-15-13(16-10)17(2)8-11-4-3-5-18-9-11/h7,11H,3-6,8-9,14H2,1-2H3. The van der Waals surface area contributed by atoms with E-state index in [9.17, 15) is 0 Å². The van der Waals surface area contributed by atoms with Crippen LogP contribution in [0, 0.1) is 12.8 Å². The van der Waals surface area contributed by atoms with Crippen molar-refractivity contribution in [3.8, 4) is 0 Å². The highest BCUT2D eigenvalue weighted by molar-refractivity contribution is 5.31. The maximum Gasteiger partial charge on any atom is 0.225 e. The fourth-order valence-corrected chi connectivity index (χ4v) is 2.28. The van der Waals surface area contributed by atoms with Crippen LogP contribution in [0.1, 0.15) is 24.1 Å². The Kier molecular flexibility index (Phi) is 4.49. The molecule has 5 nitrogen and oxygen atoms in total. The molecule has 0 radical (unpaired) electrons. The summed E-state index contributed by atoms with van der Waals surface area (Å²) in [5.41, 5.74) is 7.59. The van der Waals surface area contributed by atoms with Crippen molar-refractivity contribution in [2.75, 3.05) is 31.7 Å². The van der Waals surface area contributed by atoms with Crippen LogP contribution in [-0.4, -0.2) is 36.8 Å². The summed E-state index contributed by atoms with van der Waals surface area (Å²) in [6.45, 7) is 5.17. The van der Waals surface area contributed by atoms with E-state index in [-0.39, 0.29) is 0 Å². The normalized spacial score (nSPS) is 19.8. The van der Waals surface area contributed by atoms with Gasteiger partial charge < -0.3 is 15.4 Å². The van der Waals surface area contributed by atoms with E-state index in [2.05, 4.69) is 14.9 Å². The molecule has 18 heavy (non-hydrogen) atoms. The molecule has 1 aromatic rings. The third-order valence-electron chi connectivity index (χ3n) is 3.42.